The minimum absolute atomic E-state index is 0.0660. The summed E-state index contributed by atoms with van der Waals surface area (Å²) in [6.45, 7) is 3.93. The van der Waals surface area contributed by atoms with Gasteiger partial charge in [0.2, 0.25) is 11.8 Å². The topological polar surface area (TPSA) is 87.7 Å². The molecule has 8 heteroatoms. The second-order valence-corrected chi connectivity index (χ2v) is 8.16. The van der Waals surface area contributed by atoms with Crippen molar-refractivity contribution in [3.8, 4) is 0 Å². The first-order valence-corrected chi connectivity index (χ1v) is 11.3. The van der Waals surface area contributed by atoms with E-state index in [0.29, 0.717) is 49.5 Å². The van der Waals surface area contributed by atoms with Crippen LogP contribution < -0.4 is 10.6 Å². The van der Waals surface area contributed by atoms with Gasteiger partial charge in [-0.1, -0.05) is 13.3 Å². The van der Waals surface area contributed by atoms with Crippen molar-refractivity contribution in [2.24, 2.45) is 5.92 Å². The van der Waals surface area contributed by atoms with Crippen molar-refractivity contribution in [1.29, 1.82) is 0 Å². The maximum absolute atomic E-state index is 13.0. The molecule has 3 rings (SSSR count). The molecule has 0 aliphatic carbocycles. The van der Waals surface area contributed by atoms with Crippen LogP contribution in [0.15, 0.2) is 48.5 Å². The van der Waals surface area contributed by atoms with Crippen LogP contribution in [0.2, 0.25) is 0 Å². The van der Waals surface area contributed by atoms with Gasteiger partial charge in [0.25, 0.3) is 0 Å². The van der Waals surface area contributed by atoms with Gasteiger partial charge >= 0.3 is 5.97 Å². The highest BCUT2D eigenvalue weighted by Gasteiger charge is 2.26. The fraction of sp³-hybridized carbons (Fsp3) is 0.400. The second kappa shape index (κ2) is 12.1. The molecule has 33 heavy (non-hydrogen) atoms. The van der Waals surface area contributed by atoms with Crippen molar-refractivity contribution in [2.45, 2.75) is 32.6 Å². The summed E-state index contributed by atoms with van der Waals surface area (Å²) < 4.78 is 18.2. The van der Waals surface area contributed by atoms with Crippen LogP contribution in [0.25, 0.3) is 0 Å². The Morgan fingerprint density at radius 1 is 0.970 bits per heavy atom. The molecule has 2 amide bonds. The molecule has 2 N–H and O–H groups in total. The van der Waals surface area contributed by atoms with Crippen LogP contribution in [0, 0.1) is 11.7 Å². The number of benzene rings is 2. The van der Waals surface area contributed by atoms with Gasteiger partial charge in [0.15, 0.2) is 0 Å². The third-order valence-corrected chi connectivity index (χ3v) is 5.57. The van der Waals surface area contributed by atoms with Crippen LogP contribution in [-0.2, 0) is 14.3 Å². The zero-order valence-corrected chi connectivity index (χ0v) is 18.8. The van der Waals surface area contributed by atoms with Crippen LogP contribution in [0.5, 0.6) is 0 Å². The van der Waals surface area contributed by atoms with Gasteiger partial charge in [-0.2, -0.15) is 0 Å². The standard InChI is InChI=1S/C25H30FN3O4/c1-2-3-16-33-25(32)19-4-8-22(9-5-19)28-24(31)18-12-14-29(15-13-18)17-23(30)27-21-10-6-20(26)7-11-21/h4-11,18H,2-3,12-17H2,1H3,(H,27,30)(H,28,31). The Morgan fingerprint density at radius 3 is 2.21 bits per heavy atom. The fourth-order valence-electron chi connectivity index (χ4n) is 3.62. The number of hydrogen-bond acceptors (Lipinski definition) is 5. The first-order chi connectivity index (χ1) is 15.9. The summed E-state index contributed by atoms with van der Waals surface area (Å²) in [7, 11) is 0. The van der Waals surface area contributed by atoms with E-state index in [2.05, 4.69) is 10.6 Å². The Kier molecular flexibility index (Phi) is 8.95. The van der Waals surface area contributed by atoms with Crippen molar-refractivity contribution in [3.05, 3.63) is 59.9 Å². The predicted molar refractivity (Wildman–Crippen MR) is 124 cm³/mol. The molecular weight excluding hydrogens is 425 g/mol. The molecule has 0 spiro atoms. The predicted octanol–water partition coefficient (Wildman–Crippen LogP) is 4.07. The highest BCUT2D eigenvalue weighted by molar-refractivity contribution is 5.94. The van der Waals surface area contributed by atoms with Gasteiger partial charge in [-0.25, -0.2) is 9.18 Å². The average Bonchev–Trinajstić information content (AvgIpc) is 2.81. The highest BCUT2D eigenvalue weighted by atomic mass is 19.1. The van der Waals surface area contributed by atoms with Gasteiger partial charge < -0.3 is 15.4 Å². The van der Waals surface area contributed by atoms with E-state index in [9.17, 15) is 18.8 Å². The smallest absolute Gasteiger partial charge is 0.338 e. The third kappa shape index (κ3) is 7.68. The molecule has 1 aliphatic rings. The molecule has 0 atom stereocenters. The van der Waals surface area contributed by atoms with E-state index < -0.39 is 0 Å². The monoisotopic (exact) mass is 455 g/mol. The van der Waals surface area contributed by atoms with E-state index in [1.54, 1.807) is 24.3 Å². The lowest BCUT2D eigenvalue weighted by Gasteiger charge is -2.30. The van der Waals surface area contributed by atoms with E-state index in [0.717, 1.165) is 12.8 Å². The molecule has 0 bridgehead atoms. The quantitative estimate of drug-likeness (QED) is 0.440. The van der Waals surface area contributed by atoms with Gasteiger partial charge in [-0.3, -0.25) is 14.5 Å². The average molecular weight is 456 g/mol. The number of nitrogens with zero attached hydrogens (tertiary/aromatic N) is 1. The molecule has 0 radical (unpaired) electrons. The van der Waals surface area contributed by atoms with Crippen LogP contribution >= 0.6 is 0 Å². The highest BCUT2D eigenvalue weighted by Crippen LogP contribution is 2.20. The summed E-state index contributed by atoms with van der Waals surface area (Å²) in [4.78, 5) is 38.8. The summed E-state index contributed by atoms with van der Waals surface area (Å²) in [5.41, 5.74) is 1.64. The minimum Gasteiger partial charge on any atom is -0.462 e. The molecule has 1 fully saturated rings. The molecule has 7 nitrogen and oxygen atoms in total. The summed E-state index contributed by atoms with van der Waals surface area (Å²) >= 11 is 0. The number of likely N-dealkylation sites (tertiary alicyclic amines) is 1. The number of hydrogen-bond donors (Lipinski definition) is 2. The molecule has 1 saturated heterocycles. The normalized spacial score (nSPS) is 14.5. The number of amides is 2. The molecular formula is C25H30FN3O4. The summed E-state index contributed by atoms with van der Waals surface area (Å²) in [5.74, 6) is -1.09. The Balaban J connectivity index is 1.40. The Labute approximate surface area is 193 Å². The lowest BCUT2D eigenvalue weighted by molar-refractivity contribution is -0.121. The molecule has 176 valence electrons. The lowest BCUT2D eigenvalue weighted by atomic mass is 9.95. The number of esters is 1. The van der Waals surface area contributed by atoms with E-state index in [1.165, 1.54) is 24.3 Å². The first kappa shape index (κ1) is 24.4. The number of nitrogens with one attached hydrogen (secondary N) is 2. The number of piperidine rings is 1. The van der Waals surface area contributed by atoms with Crippen molar-refractivity contribution < 1.29 is 23.5 Å². The Hall–Kier alpha value is -3.26. The van der Waals surface area contributed by atoms with Gasteiger partial charge in [-0.15, -0.1) is 0 Å². The zero-order chi connectivity index (χ0) is 23.6. The van der Waals surface area contributed by atoms with Crippen molar-refractivity contribution in [2.75, 3.05) is 36.9 Å². The maximum Gasteiger partial charge on any atom is 0.338 e. The van der Waals surface area contributed by atoms with Crippen molar-refractivity contribution >= 4 is 29.2 Å². The number of rotatable bonds is 9. The minimum atomic E-state index is -0.364. The maximum atomic E-state index is 13.0. The molecule has 0 unspecified atom stereocenters. The SMILES string of the molecule is CCCCOC(=O)c1ccc(NC(=O)C2CCN(CC(=O)Nc3ccc(F)cc3)CC2)cc1. The summed E-state index contributed by atoms with van der Waals surface area (Å²) in [6.07, 6.45) is 3.09. The zero-order valence-electron chi connectivity index (χ0n) is 18.8. The van der Waals surface area contributed by atoms with Gasteiger partial charge in [-0.05, 0) is 80.9 Å². The van der Waals surface area contributed by atoms with Gasteiger partial charge in [0.1, 0.15) is 5.82 Å². The number of carbonyl (C=O) groups is 3. The number of unbranched alkanes of at least 4 members (excludes halogenated alkanes) is 1. The van der Waals surface area contributed by atoms with Gasteiger partial charge in [0.05, 0.1) is 18.7 Å². The van der Waals surface area contributed by atoms with E-state index >= 15 is 0 Å². The molecule has 2 aromatic carbocycles. The van der Waals surface area contributed by atoms with E-state index in [4.69, 9.17) is 4.74 Å². The van der Waals surface area contributed by atoms with Crippen LogP contribution in [0.1, 0.15) is 43.0 Å². The summed E-state index contributed by atoms with van der Waals surface area (Å²) in [5, 5.41) is 5.65. The van der Waals surface area contributed by atoms with Crippen LogP contribution in [0.3, 0.4) is 0 Å². The van der Waals surface area contributed by atoms with E-state index in [1.807, 2.05) is 11.8 Å². The lowest BCUT2D eigenvalue weighted by Crippen LogP contribution is -2.41. The largest absolute Gasteiger partial charge is 0.462 e. The second-order valence-electron chi connectivity index (χ2n) is 8.16. The third-order valence-electron chi connectivity index (χ3n) is 5.57. The van der Waals surface area contributed by atoms with Crippen molar-refractivity contribution in [1.82, 2.24) is 4.90 Å². The summed E-state index contributed by atoms with van der Waals surface area (Å²) in [6, 6.07) is 12.3. The first-order valence-electron chi connectivity index (χ1n) is 11.3. The molecule has 0 aromatic heterocycles. The number of anilines is 2. The fourth-order valence-corrected chi connectivity index (χ4v) is 3.62. The number of halogens is 1. The van der Waals surface area contributed by atoms with Gasteiger partial charge in [0, 0.05) is 17.3 Å². The van der Waals surface area contributed by atoms with Crippen LogP contribution in [-0.4, -0.2) is 48.9 Å². The number of ether oxygens (including phenoxy) is 1. The molecule has 0 saturated carbocycles. The molecule has 1 heterocycles. The Bertz CT molecular complexity index is 939. The molecule has 2 aromatic rings. The van der Waals surface area contributed by atoms with Crippen LogP contribution in [0.4, 0.5) is 15.8 Å². The number of carbonyl (C=O) groups excluding carboxylic acids is 3. The Morgan fingerprint density at radius 2 is 1.58 bits per heavy atom. The van der Waals surface area contributed by atoms with Crippen molar-refractivity contribution in [3.63, 3.8) is 0 Å². The van der Waals surface area contributed by atoms with E-state index in [-0.39, 0.29) is 36.1 Å². The molecule has 1 aliphatic heterocycles.